The minimum Gasteiger partial charge on any atom is -0.488 e. The van der Waals surface area contributed by atoms with E-state index >= 15 is 4.39 Å². The van der Waals surface area contributed by atoms with E-state index in [0.717, 1.165) is 30.3 Å². The summed E-state index contributed by atoms with van der Waals surface area (Å²) in [5, 5.41) is 1.88. The average Bonchev–Trinajstić information content (AvgIpc) is 3.14. The molecule has 0 bridgehead atoms. The van der Waals surface area contributed by atoms with E-state index in [-0.39, 0.29) is 4.90 Å². The zero-order chi connectivity index (χ0) is 37.1. The molecule has 2 aromatic rings. The molecule has 0 saturated carbocycles. The lowest BCUT2D eigenvalue weighted by atomic mass is 10.0. The van der Waals surface area contributed by atoms with Crippen LogP contribution >= 0.6 is 0 Å². The molecule has 1 unspecified atom stereocenters. The monoisotopic (exact) mass is 482 g/mol. The summed E-state index contributed by atoms with van der Waals surface area (Å²) in [6, 6.07) is 2.90. The molecule has 2 saturated heterocycles. The number of morpholine rings is 1. The van der Waals surface area contributed by atoms with Gasteiger partial charge in [0.2, 0.25) is 11.8 Å². The molecular weight excluding hydrogens is 441 g/mol. The Hall–Kier alpha value is -3.30. The summed E-state index contributed by atoms with van der Waals surface area (Å²) in [4.78, 5) is 37.5. The Morgan fingerprint density at radius 1 is 1.18 bits per heavy atom. The zero-order valence-corrected chi connectivity index (χ0v) is 17.2. The summed E-state index contributed by atoms with van der Waals surface area (Å²) in [7, 11) is 0. The van der Waals surface area contributed by atoms with Gasteiger partial charge < -0.3 is 14.4 Å². The van der Waals surface area contributed by atoms with E-state index in [9.17, 15) is 14.4 Å². The van der Waals surface area contributed by atoms with Gasteiger partial charge in [0.25, 0.3) is 5.91 Å². The number of piperidine rings is 1. The Bertz CT molecular complexity index is 1750. The molecule has 5 rings (SSSR count). The van der Waals surface area contributed by atoms with Crippen LogP contribution in [0.4, 0.5) is 4.39 Å². The van der Waals surface area contributed by atoms with E-state index in [2.05, 4.69) is 4.74 Å². The lowest BCUT2D eigenvalue weighted by Crippen LogP contribution is -2.52. The number of hydrogen-bond donors (Lipinski definition) is 1. The van der Waals surface area contributed by atoms with Gasteiger partial charge in [0, 0.05) is 56.4 Å². The van der Waals surface area contributed by atoms with Crippen LogP contribution < -0.4 is 10.1 Å². The first-order chi connectivity index (χ1) is 22.1. The van der Waals surface area contributed by atoms with Crippen molar-refractivity contribution in [3.63, 3.8) is 0 Å². The molecule has 3 heterocycles. The Kier molecular flexibility index (Phi) is 3.07. The molecule has 9 heteroatoms. The standard InChI is InChI=1S/C25H26FN3O5/c26-23-16(13-28-9-11-33-12-10-28)3-1-4-17(23)15-34-21-6-2-5-18-19(21)14-29(25(18)32)20-7-8-22(30)27-24(20)31/h1-6,20H,7-15H2,(H,27,30,31)/i9D2,10D2,11D2,12D2,13D2,14D2,15D2,20D. The van der Waals surface area contributed by atoms with Crippen LogP contribution in [0.5, 0.6) is 5.75 Å². The molecule has 3 aliphatic heterocycles. The Balaban J connectivity index is 1.57. The maximum absolute atomic E-state index is 16.2. The normalized spacial score (nSPS) is 37.9. The number of imide groups is 1. The fourth-order valence-electron chi connectivity index (χ4n) is 3.38. The molecule has 3 aliphatic rings. The first kappa shape index (κ1) is 11.0. The largest absolute Gasteiger partial charge is 0.488 e. The van der Waals surface area contributed by atoms with Crippen molar-refractivity contribution in [3.05, 3.63) is 64.5 Å². The highest BCUT2D eigenvalue weighted by Gasteiger charge is 2.40. The number of amides is 3. The van der Waals surface area contributed by atoms with Crippen molar-refractivity contribution in [2.45, 2.75) is 38.4 Å². The SMILES string of the molecule is [2H]C([2H])(Oc1cccc2c1C([2H])([2H])N(C1([2H])CCC(=O)NC1=O)C2=O)c1cccc(C([2H])([2H])N2C([2H])([2H])C([2H])([2H])OC([2H])([2H])C2([2H])[2H])c1F. The van der Waals surface area contributed by atoms with Gasteiger partial charge >= 0.3 is 0 Å². The Labute approximate surface area is 217 Å². The second-order valence-electron chi connectivity index (χ2n) is 7.10. The van der Waals surface area contributed by atoms with E-state index < -0.39 is 121 Å². The van der Waals surface area contributed by atoms with Gasteiger partial charge in [0.15, 0.2) is 0 Å². The number of fused-ring (bicyclic) bond motifs is 1. The van der Waals surface area contributed by atoms with Crippen LogP contribution in [0.1, 0.15) is 60.5 Å². The molecule has 1 atom stereocenters. The average molecular weight is 483 g/mol. The lowest BCUT2D eigenvalue weighted by molar-refractivity contribution is -0.136. The minimum absolute atomic E-state index is 0.270. The first-order valence-electron chi connectivity index (χ1n) is 17.4. The van der Waals surface area contributed by atoms with Crippen molar-refractivity contribution >= 4 is 17.7 Å². The van der Waals surface area contributed by atoms with Crippen molar-refractivity contribution in [1.29, 1.82) is 0 Å². The van der Waals surface area contributed by atoms with E-state index in [1.165, 1.54) is 0 Å². The molecular formula is C25H26FN3O5. The molecule has 0 aromatic heterocycles. The molecule has 0 radical (unpaired) electrons. The molecule has 8 nitrogen and oxygen atoms in total. The third-order valence-corrected chi connectivity index (χ3v) is 4.98. The van der Waals surface area contributed by atoms with Gasteiger partial charge in [-0.05, 0) is 18.6 Å². The molecule has 178 valence electrons. The molecule has 1 N–H and O–H groups in total. The fraction of sp³-hybridized carbons (Fsp3) is 0.400. The van der Waals surface area contributed by atoms with E-state index in [1.807, 2.05) is 5.32 Å². The molecule has 2 fully saturated rings. The summed E-state index contributed by atoms with van der Waals surface area (Å²) < 4.78 is 151. The van der Waals surface area contributed by atoms with Crippen molar-refractivity contribution in [2.24, 2.45) is 0 Å². The van der Waals surface area contributed by atoms with Crippen LogP contribution in [-0.2, 0) is 33.9 Å². The fourth-order valence-corrected chi connectivity index (χ4v) is 3.38. The smallest absolute Gasteiger partial charge is 0.255 e. The van der Waals surface area contributed by atoms with Gasteiger partial charge in [0.05, 0.1) is 32.0 Å². The quantitative estimate of drug-likeness (QED) is 0.634. The van der Waals surface area contributed by atoms with Crippen LogP contribution in [-0.4, -0.2) is 59.7 Å². The molecule has 0 aliphatic carbocycles. The van der Waals surface area contributed by atoms with Crippen LogP contribution in [0, 0.1) is 5.82 Å². The second-order valence-corrected chi connectivity index (χ2v) is 7.10. The predicted octanol–water partition coefficient (Wildman–Crippen LogP) is 2.00. The molecule has 0 spiro atoms. The Morgan fingerprint density at radius 3 is 2.74 bits per heavy atom. The first-order valence-corrected chi connectivity index (χ1v) is 9.90. The summed E-state index contributed by atoms with van der Waals surface area (Å²) >= 11 is 0. The van der Waals surface area contributed by atoms with E-state index in [1.54, 1.807) is 0 Å². The van der Waals surface area contributed by atoms with Gasteiger partial charge in [-0.2, -0.15) is 0 Å². The summed E-state index contributed by atoms with van der Waals surface area (Å²) in [5.74, 6) is -5.73. The van der Waals surface area contributed by atoms with Crippen molar-refractivity contribution in [1.82, 2.24) is 15.1 Å². The number of benzene rings is 2. The maximum Gasteiger partial charge on any atom is 0.255 e. The Morgan fingerprint density at radius 2 is 1.94 bits per heavy atom. The molecule has 2 aromatic carbocycles. The van der Waals surface area contributed by atoms with E-state index in [0.29, 0.717) is 6.07 Å². The summed E-state index contributed by atoms with van der Waals surface area (Å²) in [6.07, 6.45) is -0.973. The lowest BCUT2D eigenvalue weighted by Gasteiger charge is -2.29. The maximum atomic E-state index is 16.2. The van der Waals surface area contributed by atoms with Gasteiger partial charge in [-0.15, -0.1) is 0 Å². The van der Waals surface area contributed by atoms with Crippen molar-refractivity contribution in [2.75, 3.05) is 26.1 Å². The number of nitrogens with zero attached hydrogens (tertiary/aromatic N) is 2. The van der Waals surface area contributed by atoms with Crippen LogP contribution in [0.25, 0.3) is 0 Å². The number of rotatable bonds is 6. The number of hydrogen-bond acceptors (Lipinski definition) is 6. The van der Waals surface area contributed by atoms with Crippen molar-refractivity contribution in [3.8, 4) is 5.75 Å². The number of nitrogens with one attached hydrogen (secondary N) is 1. The third-order valence-electron chi connectivity index (χ3n) is 4.98. The van der Waals surface area contributed by atoms with Gasteiger partial charge in [-0.25, -0.2) is 4.39 Å². The zero-order valence-electron chi connectivity index (χ0n) is 32.2. The highest BCUT2D eigenvalue weighted by Crippen LogP contribution is 2.34. The second kappa shape index (κ2) is 9.52. The summed E-state index contributed by atoms with van der Waals surface area (Å²) in [6.45, 7) is -25.1. The number of carbonyl (C=O) groups excluding carboxylic acids is 3. The molecule has 34 heavy (non-hydrogen) atoms. The third kappa shape index (κ3) is 4.41. The molecule has 3 amide bonds. The highest BCUT2D eigenvalue weighted by molar-refractivity contribution is 6.05. The van der Waals surface area contributed by atoms with Gasteiger partial charge in [-0.3, -0.25) is 24.6 Å². The predicted molar refractivity (Wildman–Crippen MR) is 119 cm³/mol. The van der Waals surface area contributed by atoms with Gasteiger partial charge in [-0.1, -0.05) is 24.3 Å². The van der Waals surface area contributed by atoms with Crippen molar-refractivity contribution < 1.29 is 48.8 Å². The number of carbonyl (C=O) groups is 3. The van der Waals surface area contributed by atoms with Crippen LogP contribution in [0.15, 0.2) is 36.4 Å². The van der Waals surface area contributed by atoms with Crippen LogP contribution in [0.2, 0.25) is 0 Å². The summed E-state index contributed by atoms with van der Waals surface area (Å²) in [5.41, 5.74) is -3.51. The number of halogens is 1. The van der Waals surface area contributed by atoms with Crippen LogP contribution in [0.3, 0.4) is 0 Å². The topological polar surface area (TPSA) is 88.2 Å². The minimum atomic E-state index is -3.80. The highest BCUT2D eigenvalue weighted by atomic mass is 19.1. The number of ether oxygens (including phenoxy) is 2. The van der Waals surface area contributed by atoms with E-state index in [4.69, 9.17) is 25.3 Å². The van der Waals surface area contributed by atoms with Gasteiger partial charge in [0.1, 0.15) is 24.1 Å².